The number of rotatable bonds is 5. The molecule has 1 aromatic rings. The highest BCUT2D eigenvalue weighted by Crippen LogP contribution is 2.26. The Hall–Kier alpha value is -2.35. The van der Waals surface area contributed by atoms with Gasteiger partial charge in [0.15, 0.2) is 0 Å². The van der Waals surface area contributed by atoms with E-state index in [9.17, 15) is 9.59 Å². The zero-order valence-corrected chi connectivity index (χ0v) is 11.4. The summed E-state index contributed by atoms with van der Waals surface area (Å²) in [5, 5.41) is 11.5. The van der Waals surface area contributed by atoms with Crippen molar-refractivity contribution < 1.29 is 9.59 Å². The van der Waals surface area contributed by atoms with Crippen molar-refractivity contribution in [2.75, 3.05) is 11.9 Å². The summed E-state index contributed by atoms with van der Waals surface area (Å²) in [7, 11) is 0. The van der Waals surface area contributed by atoms with Crippen molar-refractivity contribution >= 4 is 17.5 Å². The first-order valence-electron chi connectivity index (χ1n) is 6.67. The Morgan fingerprint density at radius 2 is 2.00 bits per heavy atom. The Morgan fingerprint density at radius 1 is 1.35 bits per heavy atom. The van der Waals surface area contributed by atoms with E-state index in [0.717, 1.165) is 12.8 Å². The lowest BCUT2D eigenvalue weighted by Gasteiger charge is -2.20. The van der Waals surface area contributed by atoms with Gasteiger partial charge in [-0.15, -0.1) is 0 Å². The maximum absolute atomic E-state index is 11.8. The van der Waals surface area contributed by atoms with E-state index in [0.29, 0.717) is 23.8 Å². The highest BCUT2D eigenvalue weighted by molar-refractivity contribution is 5.91. The number of anilines is 1. The number of carbonyl (C=O) groups is 2. The van der Waals surface area contributed by atoms with Crippen molar-refractivity contribution in [1.82, 2.24) is 4.90 Å². The van der Waals surface area contributed by atoms with Gasteiger partial charge in [0.25, 0.3) is 0 Å². The Bertz CT molecular complexity index is 541. The summed E-state index contributed by atoms with van der Waals surface area (Å²) in [6, 6.07) is 9.05. The van der Waals surface area contributed by atoms with Crippen molar-refractivity contribution in [2.24, 2.45) is 0 Å². The van der Waals surface area contributed by atoms with Gasteiger partial charge in [0.05, 0.1) is 11.6 Å². The van der Waals surface area contributed by atoms with E-state index < -0.39 is 0 Å². The third-order valence-corrected chi connectivity index (χ3v) is 3.27. The maximum atomic E-state index is 11.8. The molecule has 1 fully saturated rings. The minimum absolute atomic E-state index is 0.0265. The van der Waals surface area contributed by atoms with Crippen molar-refractivity contribution in [3.8, 4) is 6.07 Å². The van der Waals surface area contributed by atoms with Gasteiger partial charge in [-0.05, 0) is 37.1 Å². The van der Waals surface area contributed by atoms with E-state index in [-0.39, 0.29) is 18.2 Å². The second-order valence-electron chi connectivity index (χ2n) is 4.93. The second kappa shape index (κ2) is 6.20. The summed E-state index contributed by atoms with van der Waals surface area (Å²) in [4.78, 5) is 25.0. The maximum Gasteiger partial charge on any atom is 0.226 e. The number of amides is 2. The van der Waals surface area contributed by atoms with E-state index in [1.165, 1.54) is 6.92 Å². The molecule has 1 N–H and O–H groups in total. The van der Waals surface area contributed by atoms with Crippen LogP contribution in [0.15, 0.2) is 24.3 Å². The fourth-order valence-electron chi connectivity index (χ4n) is 2.06. The van der Waals surface area contributed by atoms with Crippen LogP contribution in [-0.2, 0) is 9.59 Å². The number of nitriles is 1. The molecule has 2 amide bonds. The molecule has 0 saturated heterocycles. The molecule has 1 aliphatic carbocycles. The lowest BCUT2D eigenvalue weighted by molar-refractivity contribution is -0.129. The fraction of sp³-hybridized carbons (Fsp3) is 0.400. The first-order valence-corrected chi connectivity index (χ1v) is 6.67. The van der Waals surface area contributed by atoms with Crippen molar-refractivity contribution in [2.45, 2.75) is 32.2 Å². The van der Waals surface area contributed by atoms with Crippen molar-refractivity contribution in [1.29, 1.82) is 5.26 Å². The number of nitrogens with zero attached hydrogens (tertiary/aromatic N) is 2. The van der Waals surface area contributed by atoms with Crippen LogP contribution >= 0.6 is 0 Å². The number of hydrogen-bond acceptors (Lipinski definition) is 3. The molecule has 0 unspecified atom stereocenters. The second-order valence-corrected chi connectivity index (χ2v) is 4.93. The molecule has 0 atom stereocenters. The van der Waals surface area contributed by atoms with Crippen LogP contribution in [-0.4, -0.2) is 29.3 Å². The van der Waals surface area contributed by atoms with E-state index in [4.69, 9.17) is 5.26 Å². The molecule has 0 aliphatic heterocycles. The molecule has 5 nitrogen and oxygen atoms in total. The van der Waals surface area contributed by atoms with Gasteiger partial charge < -0.3 is 10.2 Å². The molecule has 2 rings (SSSR count). The van der Waals surface area contributed by atoms with Gasteiger partial charge in [0.2, 0.25) is 11.8 Å². The average molecular weight is 271 g/mol. The van der Waals surface area contributed by atoms with Gasteiger partial charge in [0.1, 0.15) is 0 Å². The first-order chi connectivity index (χ1) is 9.60. The van der Waals surface area contributed by atoms with Crippen molar-refractivity contribution in [3.05, 3.63) is 29.8 Å². The lowest BCUT2D eigenvalue weighted by atomic mass is 10.2. The van der Waals surface area contributed by atoms with Crippen LogP contribution in [0, 0.1) is 11.3 Å². The summed E-state index contributed by atoms with van der Waals surface area (Å²) in [5.41, 5.74) is 1.22. The van der Waals surface area contributed by atoms with Crippen LogP contribution in [0.25, 0.3) is 0 Å². The number of benzene rings is 1. The van der Waals surface area contributed by atoms with E-state index in [2.05, 4.69) is 5.32 Å². The molecule has 20 heavy (non-hydrogen) atoms. The highest BCUT2D eigenvalue weighted by Gasteiger charge is 2.30. The molecule has 1 saturated carbocycles. The first kappa shape index (κ1) is 14.1. The topological polar surface area (TPSA) is 73.2 Å². The van der Waals surface area contributed by atoms with Gasteiger partial charge >= 0.3 is 0 Å². The number of carbonyl (C=O) groups excluding carboxylic acids is 2. The number of hydrogen-bond donors (Lipinski definition) is 1. The third-order valence-electron chi connectivity index (χ3n) is 3.27. The van der Waals surface area contributed by atoms with Crippen LogP contribution in [0.4, 0.5) is 5.69 Å². The Morgan fingerprint density at radius 3 is 2.50 bits per heavy atom. The van der Waals surface area contributed by atoms with Crippen LogP contribution in [0.2, 0.25) is 0 Å². The fourth-order valence-corrected chi connectivity index (χ4v) is 2.06. The van der Waals surface area contributed by atoms with Gasteiger partial charge in [-0.2, -0.15) is 5.26 Å². The Kier molecular flexibility index (Phi) is 4.36. The molecule has 0 spiro atoms. The zero-order chi connectivity index (χ0) is 14.5. The molecule has 0 aromatic heterocycles. The quantitative estimate of drug-likeness (QED) is 0.888. The molecule has 5 heteroatoms. The molecule has 1 aromatic carbocycles. The van der Waals surface area contributed by atoms with E-state index in [1.807, 2.05) is 6.07 Å². The minimum Gasteiger partial charge on any atom is -0.339 e. The molecule has 0 heterocycles. The summed E-state index contributed by atoms with van der Waals surface area (Å²) in [6.07, 6.45) is 2.36. The summed E-state index contributed by atoms with van der Waals surface area (Å²) in [5.74, 6) is -0.0970. The van der Waals surface area contributed by atoms with Crippen LogP contribution < -0.4 is 5.32 Å². The Labute approximate surface area is 118 Å². The van der Waals surface area contributed by atoms with Gasteiger partial charge in [-0.25, -0.2) is 0 Å². The molecule has 0 bridgehead atoms. The van der Waals surface area contributed by atoms with Crippen LogP contribution in [0.5, 0.6) is 0 Å². The third kappa shape index (κ3) is 3.82. The van der Waals surface area contributed by atoms with Crippen LogP contribution in [0.3, 0.4) is 0 Å². The van der Waals surface area contributed by atoms with E-state index in [1.54, 1.807) is 29.2 Å². The molecule has 1 aliphatic rings. The summed E-state index contributed by atoms with van der Waals surface area (Å²) < 4.78 is 0. The van der Waals surface area contributed by atoms with E-state index >= 15 is 0 Å². The monoisotopic (exact) mass is 271 g/mol. The predicted molar refractivity (Wildman–Crippen MR) is 74.8 cm³/mol. The zero-order valence-electron chi connectivity index (χ0n) is 11.4. The lowest BCUT2D eigenvalue weighted by Crippen LogP contribution is -2.33. The Balaban J connectivity index is 1.82. The summed E-state index contributed by atoms with van der Waals surface area (Å²) in [6.45, 7) is 2.00. The highest BCUT2D eigenvalue weighted by atomic mass is 16.2. The van der Waals surface area contributed by atoms with Crippen molar-refractivity contribution in [3.63, 3.8) is 0 Å². The number of nitrogens with one attached hydrogen (secondary N) is 1. The smallest absolute Gasteiger partial charge is 0.226 e. The summed E-state index contributed by atoms with van der Waals surface area (Å²) >= 11 is 0. The largest absolute Gasteiger partial charge is 0.339 e. The standard InChI is InChI=1S/C15H17N3O2/c1-11(19)18(14-6-7-14)9-8-15(20)17-13-4-2-12(10-16)3-5-13/h2-5,14H,6-9H2,1H3,(H,17,20). The van der Waals surface area contributed by atoms with Gasteiger partial charge in [-0.3, -0.25) is 9.59 Å². The molecule has 104 valence electrons. The van der Waals surface area contributed by atoms with Gasteiger partial charge in [-0.1, -0.05) is 0 Å². The average Bonchev–Trinajstić information content (AvgIpc) is 3.24. The molecular formula is C15H17N3O2. The normalized spacial score (nSPS) is 13.4. The van der Waals surface area contributed by atoms with Gasteiger partial charge in [0, 0.05) is 31.6 Å². The van der Waals surface area contributed by atoms with Crippen LogP contribution in [0.1, 0.15) is 31.7 Å². The predicted octanol–water partition coefficient (Wildman–Crippen LogP) is 1.90. The minimum atomic E-state index is -0.124. The molecule has 0 radical (unpaired) electrons. The SMILES string of the molecule is CC(=O)N(CCC(=O)Nc1ccc(C#N)cc1)C1CC1. The molecular weight excluding hydrogens is 254 g/mol.